The Hall–Kier alpha value is -4.57. The van der Waals surface area contributed by atoms with Crippen LogP contribution in [0.4, 0.5) is 9.59 Å². The van der Waals surface area contributed by atoms with Crippen LogP contribution in [-0.2, 0) is 57.1 Å². The van der Waals surface area contributed by atoms with E-state index in [1.807, 2.05) is 13.8 Å². The first kappa shape index (κ1) is 62.3. The predicted molar refractivity (Wildman–Crippen MR) is 277 cm³/mol. The van der Waals surface area contributed by atoms with Gasteiger partial charge in [0, 0.05) is 59.0 Å². The summed E-state index contributed by atoms with van der Waals surface area (Å²) in [5.41, 5.74) is -1.18. The monoisotopic (exact) mass is 1070 g/mol. The van der Waals surface area contributed by atoms with Gasteiger partial charge in [0.25, 0.3) is 11.7 Å². The number of amides is 3. The summed E-state index contributed by atoms with van der Waals surface area (Å²) in [7, 11) is 4.28. The zero-order valence-electron chi connectivity index (χ0n) is 46.7. The Balaban J connectivity index is 1.56. The van der Waals surface area contributed by atoms with Crippen LogP contribution in [0.5, 0.6) is 0 Å². The Morgan fingerprint density at radius 2 is 1.55 bits per heavy atom. The van der Waals surface area contributed by atoms with Gasteiger partial charge >= 0.3 is 18.2 Å². The lowest BCUT2D eigenvalue weighted by molar-refractivity contribution is -0.268. The highest BCUT2D eigenvalue weighted by molar-refractivity contribution is 6.39. The van der Waals surface area contributed by atoms with Crippen molar-refractivity contribution in [1.29, 1.82) is 0 Å². The molecule has 0 radical (unpaired) electrons. The minimum Gasteiger partial charge on any atom is -0.460 e. The van der Waals surface area contributed by atoms with E-state index in [2.05, 4.69) is 0 Å². The quantitative estimate of drug-likeness (QED) is 0.110. The maximum absolute atomic E-state index is 14.6. The Bertz CT molecular complexity index is 2130. The summed E-state index contributed by atoms with van der Waals surface area (Å²) in [6.45, 7) is 13.5. The highest BCUT2D eigenvalue weighted by Crippen LogP contribution is 2.41. The van der Waals surface area contributed by atoms with Crippen molar-refractivity contribution in [2.75, 3.05) is 41.1 Å². The zero-order valence-corrected chi connectivity index (χ0v) is 46.7. The molecule has 6 aliphatic rings. The summed E-state index contributed by atoms with van der Waals surface area (Å²) in [5.74, 6) is -8.65. The summed E-state index contributed by atoms with van der Waals surface area (Å²) < 4.78 is 40.9. The molecule has 0 aromatic heterocycles. The number of hydrogen-bond acceptors (Lipinski definition) is 17. The van der Waals surface area contributed by atoms with Crippen LogP contribution in [0.2, 0.25) is 0 Å². The van der Waals surface area contributed by atoms with Crippen LogP contribution in [0, 0.1) is 29.6 Å². The number of methoxy groups -OCH3 is 3. The lowest BCUT2D eigenvalue weighted by atomic mass is 9.78. The molecule has 20 nitrogen and oxygen atoms in total. The fourth-order valence-corrected chi connectivity index (χ4v) is 11.7. The van der Waals surface area contributed by atoms with E-state index in [4.69, 9.17) is 33.2 Å². The minimum atomic E-state index is -2.64. The Kier molecular flexibility index (Phi) is 22.8. The number of ketones is 3. The molecule has 1 aliphatic carbocycles. The van der Waals surface area contributed by atoms with E-state index in [0.29, 0.717) is 56.9 Å². The lowest BCUT2D eigenvalue weighted by Gasteiger charge is -2.52. The molecule has 3 unspecified atom stereocenters. The fraction of sp³-hybridized carbons (Fsp3) is 0.768. The van der Waals surface area contributed by atoms with Gasteiger partial charge in [-0.25, -0.2) is 24.4 Å². The summed E-state index contributed by atoms with van der Waals surface area (Å²) in [6, 6.07) is -2.14. The normalized spacial score (nSPS) is 37.7. The van der Waals surface area contributed by atoms with E-state index in [1.165, 1.54) is 20.3 Å². The molecule has 5 aliphatic heterocycles. The molecule has 0 aromatic carbocycles. The van der Waals surface area contributed by atoms with Crippen LogP contribution < -0.4 is 0 Å². The number of allylic oxidation sites excluding steroid dienone is 2. The second-order valence-corrected chi connectivity index (χ2v) is 22.0. The number of esters is 1. The summed E-state index contributed by atoms with van der Waals surface area (Å²) >= 11 is 0. The molecule has 3 fully saturated rings. The SMILES string of the molecule is CCOC(=O)N1C2C=CC(C)([C@@H](OC)C[C@@H]3CC[C@@H](C)[C@@](O)(O3)C(=O)C(=O)N3CCCCC3C(=O)O[C@H]([C@H](C)C[C@@H]3CC[C@@H](O)[C@H](OC)C3)CC(=O)C/C=C(\C)[C@@H](O)[C@@H](OC)C(=O)[C@H](C)C[C@H](C)/C=C/2)N1C(=O)OCC. The number of nitrogens with zero attached hydrogens (tertiary/aromatic N) is 3. The van der Waals surface area contributed by atoms with Gasteiger partial charge in [0.2, 0.25) is 5.79 Å². The Labute approximate surface area is 448 Å². The standard InChI is InChI=1S/C56H87N3O17/c1-12-73-53(67)58-39-21-17-33(3)28-36(6)48(63)49(72-11)47(62)34(4)18-22-40(60)31-44(35(5)29-38-20-24-43(61)45(30-38)70-9)75-52(66)42-16-14-15-27-57(42)51(65)50(64)56(69)37(7)19-23-41(76-56)32-46(71-10)55(8,26-25-39)59(58)54(68)74-13-2/h17-18,21,25-26,33,35-39,41-47,49,61-62,69H,12-16,19-20,22-24,27-32H2,1-11H3/b21-17+,34-18+/t33-,35-,36-,37-,38+,39?,41+,42?,43-,44+,45-,46+,47-,49-,55?,56-/m1/s1. The van der Waals surface area contributed by atoms with Crippen LogP contribution in [0.15, 0.2) is 36.0 Å². The molecule has 16 atom stereocenters. The zero-order chi connectivity index (χ0) is 56.2. The van der Waals surface area contributed by atoms with Gasteiger partial charge in [0.15, 0.2) is 5.78 Å². The fourth-order valence-electron chi connectivity index (χ4n) is 11.7. The number of Topliss-reactive ketones (excluding diaryl/α,β-unsaturated/α-hetero) is 3. The second-order valence-electron chi connectivity index (χ2n) is 22.0. The Morgan fingerprint density at radius 3 is 2.21 bits per heavy atom. The van der Waals surface area contributed by atoms with E-state index in [-0.39, 0.29) is 87.3 Å². The third-order valence-corrected chi connectivity index (χ3v) is 16.4. The van der Waals surface area contributed by atoms with Crippen molar-refractivity contribution < 1.29 is 82.0 Å². The first-order chi connectivity index (χ1) is 36.0. The average molecular weight is 1070 g/mol. The predicted octanol–water partition coefficient (Wildman–Crippen LogP) is 5.96. The van der Waals surface area contributed by atoms with Crippen molar-refractivity contribution in [3.63, 3.8) is 0 Å². The number of hydrazine groups is 1. The number of aliphatic hydroxyl groups is 3. The van der Waals surface area contributed by atoms with Gasteiger partial charge in [-0.2, -0.15) is 0 Å². The Morgan fingerprint density at radius 1 is 0.855 bits per heavy atom. The molecule has 4 bridgehead atoms. The smallest absolute Gasteiger partial charge is 0.429 e. The van der Waals surface area contributed by atoms with Crippen molar-refractivity contribution in [1.82, 2.24) is 14.9 Å². The molecule has 1 saturated carbocycles. The van der Waals surface area contributed by atoms with Crippen molar-refractivity contribution in [2.45, 2.75) is 205 Å². The largest absolute Gasteiger partial charge is 0.460 e. The first-order valence-corrected chi connectivity index (χ1v) is 27.4. The summed E-state index contributed by atoms with van der Waals surface area (Å²) in [5, 5.41) is 36.6. The van der Waals surface area contributed by atoms with Gasteiger partial charge in [-0.1, -0.05) is 58.1 Å². The molecule has 0 aromatic rings. The van der Waals surface area contributed by atoms with Crippen LogP contribution in [0.1, 0.15) is 139 Å². The number of carbonyl (C=O) groups excluding carboxylic acids is 7. The van der Waals surface area contributed by atoms with Gasteiger partial charge in [-0.05, 0) is 115 Å². The van der Waals surface area contributed by atoms with Crippen LogP contribution >= 0.6 is 0 Å². The van der Waals surface area contributed by atoms with Crippen molar-refractivity contribution in [3.8, 4) is 0 Å². The highest BCUT2D eigenvalue weighted by Gasteiger charge is 2.56. The molecule has 6 rings (SSSR count). The van der Waals surface area contributed by atoms with Gasteiger partial charge < -0.3 is 53.4 Å². The van der Waals surface area contributed by atoms with Gasteiger partial charge in [0.05, 0.1) is 43.7 Å². The summed E-state index contributed by atoms with van der Waals surface area (Å²) in [6.07, 6.45) is 3.88. The number of aliphatic hydroxyl groups excluding tert-OH is 2. The molecule has 0 spiro atoms. The van der Waals surface area contributed by atoms with E-state index >= 15 is 0 Å². The van der Waals surface area contributed by atoms with Crippen LogP contribution in [0.25, 0.3) is 0 Å². The second kappa shape index (κ2) is 27.8. The molecule has 428 valence electrons. The minimum absolute atomic E-state index is 0.00251. The maximum Gasteiger partial charge on any atom is 0.429 e. The lowest BCUT2D eigenvalue weighted by Crippen LogP contribution is -2.69. The molecule has 20 heteroatoms. The van der Waals surface area contributed by atoms with Gasteiger partial charge in [0.1, 0.15) is 35.7 Å². The first-order valence-electron chi connectivity index (χ1n) is 27.4. The van der Waals surface area contributed by atoms with E-state index < -0.39 is 102 Å². The topological polar surface area (TPSA) is 255 Å². The maximum atomic E-state index is 14.6. The molecular formula is C56H87N3O17. The average Bonchev–Trinajstić information content (AvgIpc) is 3.39. The van der Waals surface area contributed by atoms with Crippen molar-refractivity contribution >= 4 is 41.4 Å². The highest BCUT2D eigenvalue weighted by atomic mass is 16.6. The van der Waals surface area contributed by atoms with Crippen molar-refractivity contribution in [2.24, 2.45) is 29.6 Å². The number of hydrogen-bond donors (Lipinski definition) is 3. The van der Waals surface area contributed by atoms with Gasteiger partial charge in [-0.15, -0.1) is 0 Å². The van der Waals surface area contributed by atoms with E-state index in [9.17, 15) is 48.9 Å². The van der Waals surface area contributed by atoms with E-state index in [0.717, 1.165) is 14.9 Å². The van der Waals surface area contributed by atoms with Crippen molar-refractivity contribution in [3.05, 3.63) is 36.0 Å². The molecule has 2 saturated heterocycles. The van der Waals surface area contributed by atoms with Crippen LogP contribution in [-0.4, -0.2) is 179 Å². The molecule has 3 amide bonds. The van der Waals surface area contributed by atoms with Crippen LogP contribution in [0.3, 0.4) is 0 Å². The third-order valence-electron chi connectivity index (χ3n) is 16.4. The van der Waals surface area contributed by atoms with Gasteiger partial charge in [-0.3, -0.25) is 19.2 Å². The molecule has 5 heterocycles. The molecule has 76 heavy (non-hydrogen) atoms. The number of fused-ring (bicyclic) bond motifs is 16. The molecule has 3 N–H and O–H groups in total. The van der Waals surface area contributed by atoms with E-state index in [1.54, 1.807) is 73.0 Å². The number of carbonyl (C=O) groups is 7. The summed E-state index contributed by atoms with van der Waals surface area (Å²) in [4.78, 5) is 101. The number of piperidine rings is 1. The third kappa shape index (κ3) is 14.6. The molecular weight excluding hydrogens is 987 g/mol. The number of ether oxygens (including phenoxy) is 7. The number of rotatable bonds is 8.